The van der Waals surface area contributed by atoms with Gasteiger partial charge >= 0.3 is 0 Å². The van der Waals surface area contributed by atoms with Gasteiger partial charge in [-0.1, -0.05) is 0 Å². The topological polar surface area (TPSA) is 101 Å². The Bertz CT molecular complexity index is 661. The smallest absolute Gasteiger partial charge is 0.279 e. The first kappa shape index (κ1) is 13.9. The number of hydrogen-bond acceptors (Lipinski definition) is 5. The third kappa shape index (κ3) is 2.31. The van der Waals surface area contributed by atoms with E-state index < -0.39 is 23.3 Å². The van der Waals surface area contributed by atoms with Crippen LogP contribution in [0.15, 0.2) is 4.79 Å². The van der Waals surface area contributed by atoms with E-state index in [0.29, 0.717) is 11.3 Å². The molecule has 0 saturated carbocycles. The maximum absolute atomic E-state index is 12.4. The Hall–Kier alpha value is -2.51. The van der Waals surface area contributed by atoms with Crippen molar-refractivity contribution in [2.75, 3.05) is 13.1 Å². The molecule has 3 amide bonds. The lowest BCUT2D eigenvalue weighted by atomic mass is 10.1. The van der Waals surface area contributed by atoms with Gasteiger partial charge in [0, 0.05) is 7.05 Å². The van der Waals surface area contributed by atoms with Gasteiger partial charge in [0.05, 0.1) is 5.69 Å². The molecule has 20 heavy (non-hydrogen) atoms. The van der Waals surface area contributed by atoms with E-state index >= 15 is 0 Å². The highest BCUT2D eigenvalue weighted by molar-refractivity contribution is 6.06. The van der Waals surface area contributed by atoms with Crippen molar-refractivity contribution in [1.29, 1.82) is 0 Å². The lowest BCUT2D eigenvalue weighted by molar-refractivity contribution is -0.135. The molecule has 0 aromatic carbocycles. The van der Waals surface area contributed by atoms with Crippen molar-refractivity contribution in [1.82, 2.24) is 20.0 Å². The number of nitrogens with one attached hydrogen (secondary N) is 1. The van der Waals surface area contributed by atoms with Crippen LogP contribution in [0.4, 0.5) is 0 Å². The van der Waals surface area contributed by atoms with Gasteiger partial charge in [0.1, 0.15) is 18.7 Å². The van der Waals surface area contributed by atoms with Crippen molar-refractivity contribution in [2.24, 2.45) is 7.05 Å². The van der Waals surface area contributed by atoms with Crippen molar-refractivity contribution in [3.8, 4) is 0 Å². The normalized spacial score (nSPS) is 15.2. The summed E-state index contributed by atoms with van der Waals surface area (Å²) in [6, 6.07) is 0. The number of piperazine rings is 1. The summed E-state index contributed by atoms with van der Waals surface area (Å²) in [4.78, 5) is 48.1. The van der Waals surface area contributed by atoms with E-state index in [1.807, 2.05) is 0 Å². The van der Waals surface area contributed by atoms with Crippen LogP contribution >= 0.6 is 0 Å². The number of nitrogens with zero attached hydrogens (tertiary/aromatic N) is 3. The molecule has 106 valence electrons. The zero-order valence-corrected chi connectivity index (χ0v) is 11.4. The third-order valence-corrected chi connectivity index (χ3v) is 3.17. The number of carbonyl (C=O) groups excluding carboxylic acids is 3. The molecule has 1 aromatic rings. The maximum Gasteiger partial charge on any atom is 0.279 e. The van der Waals surface area contributed by atoms with E-state index in [-0.39, 0.29) is 18.7 Å². The Kier molecular flexibility index (Phi) is 3.39. The van der Waals surface area contributed by atoms with Crippen molar-refractivity contribution in [3.63, 3.8) is 0 Å². The summed E-state index contributed by atoms with van der Waals surface area (Å²) in [5, 5.41) is 6.08. The van der Waals surface area contributed by atoms with Crippen LogP contribution in [0, 0.1) is 13.8 Å². The molecule has 1 aromatic heterocycles. The monoisotopic (exact) mass is 278 g/mol. The Morgan fingerprint density at radius 3 is 2.25 bits per heavy atom. The molecule has 0 aliphatic carbocycles. The molecule has 0 atom stereocenters. The summed E-state index contributed by atoms with van der Waals surface area (Å²) >= 11 is 0. The van der Waals surface area contributed by atoms with E-state index in [9.17, 15) is 19.2 Å². The largest absolute Gasteiger partial charge is 0.320 e. The van der Waals surface area contributed by atoms with Crippen molar-refractivity contribution >= 4 is 17.7 Å². The number of amides is 3. The van der Waals surface area contributed by atoms with Gasteiger partial charge in [0.25, 0.3) is 11.5 Å². The van der Waals surface area contributed by atoms with E-state index in [2.05, 4.69) is 10.4 Å². The molecule has 0 unspecified atom stereocenters. The standard InChI is InChI=1S/C12H14N4O4/c1-6-7(2)14-15(3)11(19)10(6)12(20)16-4-8(17)13-9(18)5-16/h4-5H2,1-3H3,(H,13,17,18). The molecule has 1 aliphatic rings. The molecule has 1 aliphatic heterocycles. The lowest BCUT2D eigenvalue weighted by Gasteiger charge is -2.25. The number of aryl methyl sites for hydroxylation is 2. The highest BCUT2D eigenvalue weighted by Gasteiger charge is 2.30. The van der Waals surface area contributed by atoms with Gasteiger partial charge in [-0.15, -0.1) is 0 Å². The number of imide groups is 1. The molecule has 1 saturated heterocycles. The Balaban J connectivity index is 2.46. The second kappa shape index (κ2) is 4.87. The van der Waals surface area contributed by atoms with Crippen LogP contribution in [0.5, 0.6) is 0 Å². The third-order valence-electron chi connectivity index (χ3n) is 3.17. The van der Waals surface area contributed by atoms with Gasteiger partial charge < -0.3 is 4.90 Å². The fourth-order valence-corrected chi connectivity index (χ4v) is 2.04. The molecule has 2 rings (SSSR count). The summed E-state index contributed by atoms with van der Waals surface area (Å²) in [6.07, 6.45) is 0. The Morgan fingerprint density at radius 1 is 1.15 bits per heavy atom. The predicted molar refractivity (Wildman–Crippen MR) is 68.0 cm³/mol. The Morgan fingerprint density at radius 2 is 1.70 bits per heavy atom. The number of aromatic nitrogens is 2. The van der Waals surface area contributed by atoms with Gasteiger partial charge in [-0.25, -0.2) is 4.68 Å². The van der Waals surface area contributed by atoms with Crippen molar-refractivity contribution < 1.29 is 14.4 Å². The fourth-order valence-electron chi connectivity index (χ4n) is 2.04. The summed E-state index contributed by atoms with van der Waals surface area (Å²) in [7, 11) is 1.44. The second-order valence-corrected chi connectivity index (χ2v) is 4.65. The predicted octanol–water partition coefficient (Wildman–Crippen LogP) is -1.50. The highest BCUT2D eigenvalue weighted by atomic mass is 16.2. The van der Waals surface area contributed by atoms with Crippen LogP contribution in [0.1, 0.15) is 21.6 Å². The van der Waals surface area contributed by atoms with Gasteiger partial charge in [-0.2, -0.15) is 5.10 Å². The van der Waals surface area contributed by atoms with Crippen LogP contribution in [0.2, 0.25) is 0 Å². The molecule has 0 bridgehead atoms. The van der Waals surface area contributed by atoms with Gasteiger partial charge in [-0.3, -0.25) is 24.5 Å². The number of hydrogen-bond donors (Lipinski definition) is 1. The van der Waals surface area contributed by atoms with Crippen LogP contribution in [-0.4, -0.2) is 45.5 Å². The number of rotatable bonds is 1. The average Bonchev–Trinajstić information content (AvgIpc) is 2.35. The molecule has 8 nitrogen and oxygen atoms in total. The van der Waals surface area contributed by atoms with Crippen LogP contribution in [0.25, 0.3) is 0 Å². The average molecular weight is 278 g/mol. The van der Waals surface area contributed by atoms with Crippen LogP contribution in [-0.2, 0) is 16.6 Å². The lowest BCUT2D eigenvalue weighted by Crippen LogP contribution is -2.54. The van der Waals surface area contributed by atoms with Gasteiger partial charge in [-0.05, 0) is 19.4 Å². The summed E-state index contributed by atoms with van der Waals surface area (Å²) in [6.45, 7) is 2.81. The van der Waals surface area contributed by atoms with Crippen molar-refractivity contribution in [3.05, 3.63) is 27.2 Å². The zero-order valence-electron chi connectivity index (χ0n) is 11.4. The molecule has 0 spiro atoms. The molecular weight excluding hydrogens is 264 g/mol. The molecule has 1 N–H and O–H groups in total. The van der Waals surface area contributed by atoms with Crippen molar-refractivity contribution in [2.45, 2.75) is 13.8 Å². The summed E-state index contributed by atoms with van der Waals surface area (Å²) < 4.78 is 1.07. The van der Waals surface area contributed by atoms with Crippen LogP contribution < -0.4 is 10.9 Å². The molecule has 1 fully saturated rings. The molecule has 0 radical (unpaired) electrons. The SMILES string of the molecule is Cc1nn(C)c(=O)c(C(=O)N2CC(=O)NC(=O)C2)c1C. The van der Waals surface area contributed by atoms with Gasteiger partial charge in [0.2, 0.25) is 11.8 Å². The van der Waals surface area contributed by atoms with E-state index in [1.54, 1.807) is 13.8 Å². The second-order valence-electron chi connectivity index (χ2n) is 4.65. The Labute approximate surface area is 114 Å². The van der Waals surface area contributed by atoms with E-state index in [0.717, 1.165) is 9.58 Å². The summed E-state index contributed by atoms with van der Waals surface area (Å²) in [5.41, 5.74) is 0.402. The zero-order chi connectivity index (χ0) is 15.0. The number of carbonyl (C=O) groups is 3. The van der Waals surface area contributed by atoms with E-state index in [1.165, 1.54) is 7.05 Å². The summed E-state index contributed by atoms with van der Waals surface area (Å²) in [5.74, 6) is -1.75. The minimum atomic E-state index is -0.628. The maximum atomic E-state index is 12.4. The molecular formula is C12H14N4O4. The quantitative estimate of drug-likeness (QED) is 0.630. The minimum Gasteiger partial charge on any atom is -0.320 e. The minimum absolute atomic E-state index is 0.0532. The fraction of sp³-hybridized carbons (Fsp3) is 0.417. The first-order valence-electron chi connectivity index (χ1n) is 5.97. The van der Waals surface area contributed by atoms with Crippen LogP contribution in [0.3, 0.4) is 0 Å². The molecule has 8 heteroatoms. The van der Waals surface area contributed by atoms with Gasteiger partial charge in [0.15, 0.2) is 0 Å². The first-order valence-corrected chi connectivity index (χ1v) is 5.97. The van der Waals surface area contributed by atoms with E-state index in [4.69, 9.17) is 0 Å². The highest BCUT2D eigenvalue weighted by Crippen LogP contribution is 2.10. The first-order chi connectivity index (χ1) is 9.31. The molecule has 2 heterocycles.